The molecule has 2 aliphatic heterocycles. The van der Waals surface area contributed by atoms with Crippen LogP contribution in [-0.2, 0) is 19.4 Å². The van der Waals surface area contributed by atoms with E-state index < -0.39 is 37.9 Å². The van der Waals surface area contributed by atoms with Gasteiger partial charge in [-0.15, -0.1) is 0 Å². The minimum Gasteiger partial charge on any atom is -0.487 e. The Hall–Kier alpha value is -2.68. The van der Waals surface area contributed by atoms with Crippen molar-refractivity contribution < 1.29 is 27.9 Å². The van der Waals surface area contributed by atoms with Crippen LogP contribution in [0.5, 0.6) is 5.75 Å². The third-order valence-corrected chi connectivity index (χ3v) is 7.41. The van der Waals surface area contributed by atoms with Crippen molar-refractivity contribution in [1.29, 1.82) is 0 Å². The molecule has 0 saturated carbocycles. The van der Waals surface area contributed by atoms with Crippen molar-refractivity contribution in [3.05, 3.63) is 42.3 Å². The molecule has 2 atom stereocenters. The summed E-state index contributed by atoms with van der Waals surface area (Å²) < 4.78 is 29.5. The SMILES string of the molecule is C=CCOc1cccnc1/C=C1/C(=O)N2[C@@H](C(=O)O)C(C)(C)S(=O)(=O)[C@H]12. The van der Waals surface area contributed by atoms with E-state index in [2.05, 4.69) is 11.6 Å². The largest absolute Gasteiger partial charge is 0.487 e. The first-order chi connectivity index (χ1) is 12.1. The van der Waals surface area contributed by atoms with Crippen LogP contribution in [0.2, 0.25) is 0 Å². The quantitative estimate of drug-likeness (QED) is 0.459. The van der Waals surface area contributed by atoms with Gasteiger partial charge in [-0.05, 0) is 32.1 Å². The molecular weight excluding hydrogens is 360 g/mol. The maximum Gasteiger partial charge on any atom is 0.328 e. The molecule has 2 aliphatic rings. The Morgan fingerprint density at radius 1 is 1.50 bits per heavy atom. The van der Waals surface area contributed by atoms with Crippen LogP contribution in [0, 0.1) is 0 Å². The normalized spacial score (nSPS) is 26.9. The first-order valence-electron chi connectivity index (χ1n) is 7.83. The topological polar surface area (TPSA) is 114 Å². The van der Waals surface area contributed by atoms with Gasteiger partial charge in [-0.2, -0.15) is 0 Å². The number of aliphatic carboxylic acids is 1. The van der Waals surface area contributed by atoms with Gasteiger partial charge in [0.05, 0.1) is 5.57 Å². The summed E-state index contributed by atoms with van der Waals surface area (Å²) in [5, 5.41) is 8.13. The molecule has 3 heterocycles. The van der Waals surface area contributed by atoms with Gasteiger partial charge in [0, 0.05) is 6.20 Å². The van der Waals surface area contributed by atoms with E-state index in [1.807, 2.05) is 0 Å². The monoisotopic (exact) mass is 378 g/mol. The van der Waals surface area contributed by atoms with Gasteiger partial charge in [0.1, 0.15) is 22.8 Å². The Labute approximate surface area is 150 Å². The Balaban J connectivity index is 2.06. The van der Waals surface area contributed by atoms with E-state index in [9.17, 15) is 23.1 Å². The number of fused-ring (bicyclic) bond motifs is 1. The molecule has 0 aromatic carbocycles. The van der Waals surface area contributed by atoms with Gasteiger partial charge in [0.2, 0.25) is 0 Å². The fraction of sp³-hybridized carbons (Fsp3) is 0.353. The van der Waals surface area contributed by atoms with Crippen LogP contribution in [0.15, 0.2) is 36.6 Å². The Kier molecular flexibility index (Phi) is 4.14. The van der Waals surface area contributed by atoms with Gasteiger partial charge in [-0.25, -0.2) is 13.2 Å². The number of aromatic nitrogens is 1. The van der Waals surface area contributed by atoms with Gasteiger partial charge in [-0.1, -0.05) is 12.7 Å². The molecule has 0 aliphatic carbocycles. The Morgan fingerprint density at radius 3 is 2.81 bits per heavy atom. The van der Waals surface area contributed by atoms with Gasteiger partial charge >= 0.3 is 5.97 Å². The lowest BCUT2D eigenvalue weighted by molar-refractivity contribution is -0.152. The number of carboxylic acid groups (broad SMARTS) is 1. The number of β-lactam (4-membered cyclic amide) rings is 1. The number of pyridine rings is 1. The number of ether oxygens (including phenoxy) is 1. The average molecular weight is 378 g/mol. The number of carboxylic acids is 1. The smallest absolute Gasteiger partial charge is 0.328 e. The predicted octanol–water partition coefficient (Wildman–Crippen LogP) is 0.858. The molecule has 138 valence electrons. The molecule has 0 spiro atoms. The molecule has 2 saturated heterocycles. The first kappa shape index (κ1) is 18.1. The Morgan fingerprint density at radius 2 is 2.19 bits per heavy atom. The van der Waals surface area contributed by atoms with Crippen molar-refractivity contribution in [3.63, 3.8) is 0 Å². The van der Waals surface area contributed by atoms with E-state index in [1.54, 1.807) is 18.2 Å². The van der Waals surface area contributed by atoms with Gasteiger partial charge < -0.3 is 14.7 Å². The summed E-state index contributed by atoms with van der Waals surface area (Å²) in [7, 11) is -3.92. The van der Waals surface area contributed by atoms with E-state index in [1.165, 1.54) is 26.1 Å². The molecular formula is C17H18N2O6S. The summed E-state index contributed by atoms with van der Waals surface area (Å²) in [5.41, 5.74) is 0.285. The highest BCUT2D eigenvalue weighted by Gasteiger charge is 2.70. The number of carbonyl (C=O) groups excluding carboxylic acids is 1. The molecule has 0 unspecified atom stereocenters. The lowest BCUT2D eigenvalue weighted by Crippen LogP contribution is -2.58. The van der Waals surface area contributed by atoms with Crippen molar-refractivity contribution in [2.24, 2.45) is 0 Å². The number of rotatable bonds is 5. The third kappa shape index (κ3) is 2.34. The van der Waals surface area contributed by atoms with Crippen molar-refractivity contribution in [1.82, 2.24) is 9.88 Å². The summed E-state index contributed by atoms with van der Waals surface area (Å²) in [4.78, 5) is 29.1. The number of hydrogen-bond donors (Lipinski definition) is 1. The van der Waals surface area contributed by atoms with Crippen LogP contribution in [-0.4, -0.2) is 58.1 Å². The van der Waals surface area contributed by atoms with E-state index in [0.717, 1.165) is 4.90 Å². The van der Waals surface area contributed by atoms with Crippen molar-refractivity contribution in [2.75, 3.05) is 6.61 Å². The van der Waals surface area contributed by atoms with E-state index >= 15 is 0 Å². The van der Waals surface area contributed by atoms with Crippen molar-refractivity contribution in [2.45, 2.75) is 30.0 Å². The zero-order valence-electron chi connectivity index (χ0n) is 14.2. The molecule has 2 fully saturated rings. The maximum atomic E-state index is 12.8. The van der Waals surface area contributed by atoms with Crippen molar-refractivity contribution in [3.8, 4) is 5.75 Å². The van der Waals surface area contributed by atoms with E-state index in [4.69, 9.17) is 4.74 Å². The standard InChI is InChI=1S/C17H18N2O6S/c1-4-8-25-12-6-5-7-18-11(12)9-10-14(20)19-13(16(21)22)17(2,3)26(23,24)15(10)19/h4-7,9,13,15H,1,8H2,2-3H3,(H,21,22)/b10-9-/t13-,15+/m0/s1. The number of amides is 1. The summed E-state index contributed by atoms with van der Waals surface area (Å²) in [6.07, 6.45) is 4.38. The van der Waals surface area contributed by atoms with Gasteiger partial charge in [-0.3, -0.25) is 9.78 Å². The average Bonchev–Trinajstić information content (AvgIpc) is 2.72. The van der Waals surface area contributed by atoms with Crippen LogP contribution in [0.1, 0.15) is 19.5 Å². The van der Waals surface area contributed by atoms with Crippen LogP contribution in [0.3, 0.4) is 0 Å². The highest BCUT2D eigenvalue weighted by atomic mass is 32.2. The second kappa shape index (κ2) is 5.94. The Bertz CT molecular complexity index is 934. The molecule has 1 aromatic rings. The predicted molar refractivity (Wildman–Crippen MR) is 93.0 cm³/mol. The molecule has 9 heteroatoms. The highest BCUT2D eigenvalue weighted by molar-refractivity contribution is 7.94. The summed E-state index contributed by atoms with van der Waals surface area (Å²) in [6.45, 7) is 6.42. The van der Waals surface area contributed by atoms with Crippen molar-refractivity contribution >= 4 is 27.8 Å². The van der Waals surface area contributed by atoms with Crippen LogP contribution >= 0.6 is 0 Å². The van der Waals surface area contributed by atoms with Gasteiger partial charge in [0.25, 0.3) is 5.91 Å². The zero-order valence-corrected chi connectivity index (χ0v) is 15.1. The summed E-state index contributed by atoms with van der Waals surface area (Å²) in [6, 6.07) is 1.85. The minimum atomic E-state index is -3.92. The van der Waals surface area contributed by atoms with E-state index in [-0.39, 0.29) is 12.2 Å². The van der Waals surface area contributed by atoms with Crippen LogP contribution in [0.25, 0.3) is 6.08 Å². The lowest BCUT2D eigenvalue weighted by Gasteiger charge is -2.37. The number of hydrogen-bond acceptors (Lipinski definition) is 6. The fourth-order valence-corrected chi connectivity index (χ4v) is 5.39. The number of sulfone groups is 1. The fourth-order valence-electron chi connectivity index (χ4n) is 3.27. The lowest BCUT2D eigenvalue weighted by atomic mass is 9.95. The maximum absolute atomic E-state index is 12.8. The van der Waals surface area contributed by atoms with E-state index in [0.29, 0.717) is 11.4 Å². The van der Waals surface area contributed by atoms with Crippen LogP contribution in [0.4, 0.5) is 0 Å². The second-order valence-corrected chi connectivity index (χ2v) is 9.13. The number of nitrogens with zero attached hydrogens (tertiary/aromatic N) is 2. The molecule has 3 rings (SSSR count). The molecule has 0 bridgehead atoms. The van der Waals surface area contributed by atoms with Gasteiger partial charge in [0.15, 0.2) is 21.3 Å². The molecule has 26 heavy (non-hydrogen) atoms. The molecule has 1 N–H and O–H groups in total. The van der Waals surface area contributed by atoms with Crippen LogP contribution < -0.4 is 4.74 Å². The first-order valence-corrected chi connectivity index (χ1v) is 9.38. The zero-order chi connectivity index (χ0) is 19.3. The minimum absolute atomic E-state index is 0.0102. The summed E-state index contributed by atoms with van der Waals surface area (Å²) >= 11 is 0. The highest BCUT2D eigenvalue weighted by Crippen LogP contribution is 2.49. The number of carbonyl (C=O) groups is 2. The molecule has 1 aromatic heterocycles. The molecule has 0 radical (unpaired) electrons. The second-order valence-electron chi connectivity index (χ2n) is 6.54. The summed E-state index contributed by atoms with van der Waals surface area (Å²) in [5.74, 6) is -1.60. The third-order valence-electron chi connectivity index (χ3n) is 4.65. The molecule has 1 amide bonds. The molecule has 8 nitrogen and oxygen atoms in total.